The molecule has 2 aromatic rings. The van der Waals surface area contributed by atoms with E-state index in [1.807, 2.05) is 45.9 Å². The van der Waals surface area contributed by atoms with Crippen molar-refractivity contribution >= 4 is 11.9 Å². The van der Waals surface area contributed by atoms with Crippen molar-refractivity contribution in [1.82, 2.24) is 19.9 Å². The van der Waals surface area contributed by atoms with Crippen LogP contribution in [0.15, 0.2) is 30.6 Å². The van der Waals surface area contributed by atoms with Crippen LogP contribution >= 0.6 is 0 Å². The van der Waals surface area contributed by atoms with Gasteiger partial charge < -0.3 is 15.0 Å². The zero-order valence-electron chi connectivity index (χ0n) is 17.3. The van der Waals surface area contributed by atoms with E-state index in [2.05, 4.69) is 27.2 Å². The van der Waals surface area contributed by atoms with E-state index < -0.39 is 5.60 Å². The van der Waals surface area contributed by atoms with E-state index >= 15 is 0 Å². The fourth-order valence-corrected chi connectivity index (χ4v) is 3.21. The second-order valence-corrected chi connectivity index (χ2v) is 8.40. The summed E-state index contributed by atoms with van der Waals surface area (Å²) in [7, 11) is 0. The number of nitrogens with one attached hydrogen (secondary N) is 1. The summed E-state index contributed by atoms with van der Waals surface area (Å²) in [5.41, 5.74) is 1.32. The van der Waals surface area contributed by atoms with Gasteiger partial charge in [0.15, 0.2) is 5.82 Å². The van der Waals surface area contributed by atoms with Gasteiger partial charge >= 0.3 is 6.09 Å². The van der Waals surface area contributed by atoms with Crippen LogP contribution in [-0.4, -0.2) is 50.7 Å². The molecular formula is C21H29N5O2. The average molecular weight is 383 g/mol. The topological polar surface area (TPSA) is 80.2 Å². The molecule has 1 N–H and O–H groups in total. The molecule has 0 aromatic carbocycles. The molecule has 2 unspecified atom stereocenters. The van der Waals surface area contributed by atoms with E-state index in [0.29, 0.717) is 24.8 Å². The number of amides is 1. The minimum absolute atomic E-state index is 0.0980. The van der Waals surface area contributed by atoms with E-state index in [1.54, 1.807) is 17.3 Å². The van der Waals surface area contributed by atoms with Crippen LogP contribution in [-0.2, 0) is 4.74 Å². The average Bonchev–Trinajstić information content (AvgIpc) is 2.62. The van der Waals surface area contributed by atoms with Crippen molar-refractivity contribution < 1.29 is 9.53 Å². The normalized spacial score (nSPS) is 20.0. The molecule has 0 radical (unpaired) electrons. The van der Waals surface area contributed by atoms with Crippen molar-refractivity contribution in [3.63, 3.8) is 0 Å². The third-order valence-electron chi connectivity index (χ3n) is 4.74. The van der Waals surface area contributed by atoms with Gasteiger partial charge in [-0.25, -0.2) is 14.8 Å². The molecule has 7 nitrogen and oxygen atoms in total. The van der Waals surface area contributed by atoms with Gasteiger partial charge in [-0.2, -0.15) is 0 Å². The minimum Gasteiger partial charge on any atom is -0.444 e. The largest absolute Gasteiger partial charge is 0.444 e. The summed E-state index contributed by atoms with van der Waals surface area (Å²) < 4.78 is 5.53. The van der Waals surface area contributed by atoms with Crippen LogP contribution in [0.3, 0.4) is 0 Å². The third kappa shape index (κ3) is 5.18. The highest BCUT2D eigenvalue weighted by molar-refractivity contribution is 5.68. The van der Waals surface area contributed by atoms with Crippen LogP contribution in [0.25, 0.3) is 11.4 Å². The van der Waals surface area contributed by atoms with Crippen LogP contribution in [0.1, 0.15) is 39.8 Å². The molecule has 1 amide bonds. The molecule has 1 aliphatic rings. The lowest BCUT2D eigenvalue weighted by molar-refractivity contribution is 0.0176. The maximum Gasteiger partial charge on any atom is 0.410 e. The summed E-state index contributed by atoms with van der Waals surface area (Å²) in [5.74, 6) is 1.85. The van der Waals surface area contributed by atoms with Gasteiger partial charge in [0.2, 0.25) is 0 Å². The van der Waals surface area contributed by atoms with Crippen molar-refractivity contribution in [2.45, 2.75) is 52.7 Å². The van der Waals surface area contributed by atoms with Gasteiger partial charge in [0.1, 0.15) is 11.4 Å². The number of piperidine rings is 1. The number of likely N-dealkylation sites (tertiary alicyclic amines) is 1. The number of aryl methyl sites for hydroxylation is 1. The summed E-state index contributed by atoms with van der Waals surface area (Å²) >= 11 is 0. The Morgan fingerprint density at radius 2 is 1.96 bits per heavy atom. The molecule has 2 atom stereocenters. The van der Waals surface area contributed by atoms with E-state index in [9.17, 15) is 4.79 Å². The Morgan fingerprint density at radius 3 is 2.64 bits per heavy atom. The van der Waals surface area contributed by atoms with Crippen molar-refractivity contribution in [3.05, 3.63) is 36.3 Å². The molecule has 0 spiro atoms. The Morgan fingerprint density at radius 1 is 1.25 bits per heavy atom. The Kier molecular flexibility index (Phi) is 5.82. The Bertz CT molecular complexity index is 819. The number of carbonyl (C=O) groups is 1. The highest BCUT2D eigenvalue weighted by atomic mass is 16.6. The van der Waals surface area contributed by atoms with Gasteiger partial charge in [0, 0.05) is 48.8 Å². The van der Waals surface area contributed by atoms with Crippen LogP contribution in [0.5, 0.6) is 0 Å². The van der Waals surface area contributed by atoms with Gasteiger partial charge in [-0.15, -0.1) is 0 Å². The van der Waals surface area contributed by atoms with Gasteiger partial charge in [-0.05, 0) is 52.2 Å². The smallest absolute Gasteiger partial charge is 0.410 e. The molecule has 1 fully saturated rings. The zero-order chi connectivity index (χ0) is 20.3. The first-order chi connectivity index (χ1) is 13.2. The van der Waals surface area contributed by atoms with E-state index in [4.69, 9.17) is 4.74 Å². The molecule has 7 heteroatoms. The number of carbonyl (C=O) groups excluding carboxylic acids is 1. The highest BCUT2D eigenvalue weighted by Crippen LogP contribution is 2.24. The molecule has 0 bridgehead atoms. The first-order valence-electron chi connectivity index (χ1n) is 9.72. The lowest BCUT2D eigenvalue weighted by Crippen LogP contribution is -2.50. The lowest BCUT2D eigenvalue weighted by atomic mass is 9.93. The first-order valence-corrected chi connectivity index (χ1v) is 9.72. The number of rotatable bonds is 3. The molecule has 0 saturated carbocycles. The predicted molar refractivity (Wildman–Crippen MR) is 109 cm³/mol. The van der Waals surface area contributed by atoms with E-state index in [-0.39, 0.29) is 12.1 Å². The standard InChI is InChI=1S/C21H29N5O2/c1-14-8-11-26(20(27)28-21(3,4)5)13-17(14)24-18-12-15(2)23-19(25-18)16-6-9-22-10-7-16/h6-7,9-10,12,14,17H,8,11,13H2,1-5H3,(H,23,24,25). The van der Waals surface area contributed by atoms with Crippen molar-refractivity contribution in [3.8, 4) is 11.4 Å². The van der Waals surface area contributed by atoms with Gasteiger partial charge in [-0.3, -0.25) is 4.98 Å². The molecule has 1 saturated heterocycles. The van der Waals surface area contributed by atoms with E-state index in [1.165, 1.54) is 0 Å². The predicted octanol–water partition coefficient (Wildman–Crippen LogP) is 3.90. The molecule has 1 aliphatic heterocycles. The van der Waals surface area contributed by atoms with Crippen molar-refractivity contribution in [2.24, 2.45) is 5.92 Å². The van der Waals surface area contributed by atoms with Gasteiger partial charge in [-0.1, -0.05) is 6.92 Å². The van der Waals surface area contributed by atoms with Crippen LogP contribution in [0.4, 0.5) is 10.6 Å². The number of hydrogen-bond donors (Lipinski definition) is 1. The fourth-order valence-electron chi connectivity index (χ4n) is 3.21. The quantitative estimate of drug-likeness (QED) is 0.866. The Balaban J connectivity index is 1.75. The third-order valence-corrected chi connectivity index (χ3v) is 4.74. The molecule has 2 aromatic heterocycles. The number of hydrogen-bond acceptors (Lipinski definition) is 6. The SMILES string of the molecule is Cc1cc(NC2CN(C(=O)OC(C)(C)C)CCC2C)nc(-c2ccncc2)n1. The van der Waals surface area contributed by atoms with Crippen LogP contribution in [0.2, 0.25) is 0 Å². The number of anilines is 1. The Labute approximate surface area is 166 Å². The second kappa shape index (κ2) is 8.12. The molecule has 0 aliphatic carbocycles. The maximum absolute atomic E-state index is 12.5. The van der Waals surface area contributed by atoms with E-state index in [0.717, 1.165) is 23.5 Å². The molecule has 3 heterocycles. The molecule has 150 valence electrons. The van der Waals surface area contributed by atoms with Crippen molar-refractivity contribution in [1.29, 1.82) is 0 Å². The highest BCUT2D eigenvalue weighted by Gasteiger charge is 2.31. The number of ether oxygens (including phenoxy) is 1. The summed E-state index contributed by atoms with van der Waals surface area (Å²) in [4.78, 5) is 27.5. The number of pyridine rings is 1. The van der Waals surface area contributed by atoms with Gasteiger partial charge in [0.25, 0.3) is 0 Å². The maximum atomic E-state index is 12.5. The summed E-state index contributed by atoms with van der Waals surface area (Å²) in [6.07, 6.45) is 4.12. The zero-order valence-corrected chi connectivity index (χ0v) is 17.3. The fraction of sp³-hybridized carbons (Fsp3) is 0.524. The first kappa shape index (κ1) is 20.0. The van der Waals surface area contributed by atoms with Gasteiger partial charge in [0.05, 0.1) is 0 Å². The lowest BCUT2D eigenvalue weighted by Gasteiger charge is -2.38. The monoisotopic (exact) mass is 383 g/mol. The summed E-state index contributed by atoms with van der Waals surface area (Å²) in [6.45, 7) is 11.1. The van der Waals surface area contributed by atoms with Crippen LogP contribution < -0.4 is 5.32 Å². The minimum atomic E-state index is -0.494. The number of nitrogens with zero attached hydrogens (tertiary/aromatic N) is 4. The van der Waals surface area contributed by atoms with Crippen molar-refractivity contribution in [2.75, 3.05) is 18.4 Å². The molecule has 3 rings (SSSR count). The van der Waals surface area contributed by atoms with Crippen LogP contribution in [0, 0.1) is 12.8 Å². The Hall–Kier alpha value is -2.70. The second-order valence-electron chi connectivity index (χ2n) is 8.40. The number of aromatic nitrogens is 3. The summed E-state index contributed by atoms with van der Waals surface area (Å²) in [6, 6.07) is 5.82. The molecular weight excluding hydrogens is 354 g/mol. The summed E-state index contributed by atoms with van der Waals surface area (Å²) in [5, 5.41) is 3.51. The molecule has 28 heavy (non-hydrogen) atoms.